The highest BCUT2D eigenvalue weighted by molar-refractivity contribution is 7.99. The van der Waals surface area contributed by atoms with Gasteiger partial charge in [0.15, 0.2) is 0 Å². The zero-order valence-corrected chi connectivity index (χ0v) is 11.4. The number of hydrogen-bond acceptors (Lipinski definition) is 6. The van der Waals surface area contributed by atoms with Crippen molar-refractivity contribution in [1.82, 2.24) is 30.4 Å². The average Bonchev–Trinajstić information content (AvgIpc) is 2.71. The first-order valence-corrected chi connectivity index (χ1v) is 6.58. The Morgan fingerprint density at radius 2 is 2.33 bits per heavy atom. The van der Waals surface area contributed by atoms with E-state index in [9.17, 15) is 4.79 Å². The summed E-state index contributed by atoms with van der Waals surface area (Å²) >= 11 is 1.44. The van der Waals surface area contributed by atoms with Gasteiger partial charge in [0.1, 0.15) is 0 Å². The highest BCUT2D eigenvalue weighted by Crippen LogP contribution is 2.12. The number of carbonyl (C=O) groups is 1. The number of thioether (sulfide) groups is 1. The minimum Gasteiger partial charge on any atom is -0.465 e. The highest BCUT2D eigenvalue weighted by Gasteiger charge is 2.06. The lowest BCUT2D eigenvalue weighted by Gasteiger charge is -2.09. The first kappa shape index (κ1) is 14.7. The van der Waals surface area contributed by atoms with Gasteiger partial charge in [0.05, 0.1) is 0 Å². The van der Waals surface area contributed by atoms with Crippen LogP contribution in [0, 0.1) is 0 Å². The van der Waals surface area contributed by atoms with Crippen LogP contribution in [-0.2, 0) is 6.54 Å². The van der Waals surface area contributed by atoms with Crippen molar-refractivity contribution < 1.29 is 9.90 Å². The number of tetrazole rings is 1. The quantitative estimate of drug-likeness (QED) is 0.508. The molecular weight excluding hydrogens is 256 g/mol. The summed E-state index contributed by atoms with van der Waals surface area (Å²) < 4.78 is 1.74. The molecule has 0 radical (unpaired) electrons. The smallest absolute Gasteiger partial charge is 0.404 e. The van der Waals surface area contributed by atoms with Crippen LogP contribution in [0.1, 0.15) is 6.42 Å². The van der Waals surface area contributed by atoms with E-state index >= 15 is 0 Å². The van der Waals surface area contributed by atoms with Crippen molar-refractivity contribution >= 4 is 17.9 Å². The first-order chi connectivity index (χ1) is 8.59. The summed E-state index contributed by atoms with van der Waals surface area (Å²) in [4.78, 5) is 12.4. The molecule has 0 saturated carbocycles. The maximum absolute atomic E-state index is 10.3. The summed E-state index contributed by atoms with van der Waals surface area (Å²) in [6.07, 6.45) is -0.0416. The Labute approximate surface area is 110 Å². The van der Waals surface area contributed by atoms with E-state index in [0.29, 0.717) is 12.3 Å². The SMILES string of the molecule is CN(C)CCCn1nnnc1SCCNC(=O)O. The largest absolute Gasteiger partial charge is 0.465 e. The van der Waals surface area contributed by atoms with Gasteiger partial charge in [0.25, 0.3) is 0 Å². The van der Waals surface area contributed by atoms with Crippen LogP contribution in [-0.4, -0.2) is 69.2 Å². The maximum Gasteiger partial charge on any atom is 0.404 e. The van der Waals surface area contributed by atoms with Crippen LogP contribution in [0.2, 0.25) is 0 Å². The molecular formula is C9H18N6O2S. The molecule has 18 heavy (non-hydrogen) atoms. The van der Waals surface area contributed by atoms with Gasteiger partial charge in [-0.3, -0.25) is 0 Å². The van der Waals surface area contributed by atoms with E-state index in [1.807, 2.05) is 14.1 Å². The van der Waals surface area contributed by atoms with Gasteiger partial charge in [-0.15, -0.1) is 5.10 Å². The van der Waals surface area contributed by atoms with Crippen molar-refractivity contribution in [2.24, 2.45) is 0 Å². The number of hydrogen-bond donors (Lipinski definition) is 2. The second-order valence-corrected chi connectivity index (χ2v) is 4.98. The molecule has 0 fully saturated rings. The molecule has 0 aliphatic rings. The summed E-state index contributed by atoms with van der Waals surface area (Å²) in [5, 5.41) is 22.9. The number of nitrogens with zero attached hydrogens (tertiary/aromatic N) is 5. The van der Waals surface area contributed by atoms with Gasteiger partial charge in [-0.05, 0) is 37.5 Å². The van der Waals surface area contributed by atoms with Crippen molar-refractivity contribution in [2.75, 3.05) is 32.9 Å². The van der Waals surface area contributed by atoms with Gasteiger partial charge < -0.3 is 15.3 Å². The molecule has 9 heteroatoms. The Bertz CT molecular complexity index is 370. The molecule has 0 aliphatic heterocycles. The van der Waals surface area contributed by atoms with Gasteiger partial charge in [0, 0.05) is 18.8 Å². The van der Waals surface area contributed by atoms with Gasteiger partial charge in [-0.1, -0.05) is 11.8 Å². The zero-order chi connectivity index (χ0) is 13.4. The molecule has 1 aromatic rings. The predicted molar refractivity (Wildman–Crippen MR) is 67.7 cm³/mol. The summed E-state index contributed by atoms with van der Waals surface area (Å²) in [6, 6.07) is 0. The first-order valence-electron chi connectivity index (χ1n) is 5.60. The molecule has 0 unspecified atom stereocenters. The lowest BCUT2D eigenvalue weighted by Crippen LogP contribution is -2.23. The molecule has 1 aromatic heterocycles. The van der Waals surface area contributed by atoms with E-state index in [2.05, 4.69) is 25.7 Å². The standard InChI is InChI=1S/C9H18N6O2S/c1-14(2)5-3-6-15-8(11-12-13-15)18-7-4-10-9(16)17/h10H,3-7H2,1-2H3,(H,16,17). The number of aryl methyl sites for hydroxylation is 1. The monoisotopic (exact) mass is 274 g/mol. The van der Waals surface area contributed by atoms with Crippen molar-refractivity contribution in [3.63, 3.8) is 0 Å². The molecule has 1 rings (SSSR count). The minimum absolute atomic E-state index is 0.380. The predicted octanol–water partition coefficient (Wildman–Crippen LogP) is -0.0155. The third kappa shape index (κ3) is 5.82. The molecule has 0 spiro atoms. The molecule has 0 aliphatic carbocycles. The van der Waals surface area contributed by atoms with E-state index < -0.39 is 6.09 Å². The lowest BCUT2D eigenvalue weighted by molar-refractivity contribution is 0.195. The van der Waals surface area contributed by atoms with Crippen LogP contribution in [0.4, 0.5) is 4.79 Å². The number of aromatic nitrogens is 4. The van der Waals surface area contributed by atoms with Crippen molar-refractivity contribution in [1.29, 1.82) is 0 Å². The Morgan fingerprint density at radius 3 is 3.00 bits per heavy atom. The zero-order valence-electron chi connectivity index (χ0n) is 10.5. The minimum atomic E-state index is -1.01. The van der Waals surface area contributed by atoms with Crippen molar-refractivity contribution in [3.8, 4) is 0 Å². The van der Waals surface area contributed by atoms with Gasteiger partial charge in [-0.2, -0.15) is 0 Å². The Morgan fingerprint density at radius 1 is 1.56 bits per heavy atom. The van der Waals surface area contributed by atoms with Gasteiger partial charge >= 0.3 is 6.09 Å². The van der Waals surface area contributed by atoms with Crippen molar-refractivity contribution in [3.05, 3.63) is 0 Å². The van der Waals surface area contributed by atoms with E-state index in [1.54, 1.807) is 4.68 Å². The molecule has 0 saturated heterocycles. The molecule has 0 bridgehead atoms. The fourth-order valence-electron chi connectivity index (χ4n) is 1.28. The molecule has 0 atom stereocenters. The fraction of sp³-hybridized carbons (Fsp3) is 0.778. The van der Waals surface area contributed by atoms with E-state index in [-0.39, 0.29) is 0 Å². The molecule has 8 nitrogen and oxygen atoms in total. The number of nitrogens with one attached hydrogen (secondary N) is 1. The summed E-state index contributed by atoms with van der Waals surface area (Å²) in [7, 11) is 4.04. The van der Waals surface area contributed by atoms with Crippen LogP contribution >= 0.6 is 11.8 Å². The number of rotatable bonds is 8. The topological polar surface area (TPSA) is 96.2 Å². The molecule has 102 valence electrons. The summed E-state index contributed by atoms with van der Waals surface area (Å²) in [5.74, 6) is 0.611. The maximum atomic E-state index is 10.3. The van der Waals surface area contributed by atoms with Crippen LogP contribution in [0.5, 0.6) is 0 Å². The fourth-order valence-corrected chi connectivity index (χ4v) is 2.03. The second-order valence-electron chi connectivity index (χ2n) is 3.92. The van der Waals surface area contributed by atoms with E-state index in [4.69, 9.17) is 5.11 Å². The second kappa shape index (κ2) is 7.88. The lowest BCUT2D eigenvalue weighted by atomic mass is 10.4. The van der Waals surface area contributed by atoms with Crippen LogP contribution in [0.3, 0.4) is 0 Å². The molecule has 2 N–H and O–H groups in total. The number of amides is 1. The van der Waals surface area contributed by atoms with Crippen LogP contribution < -0.4 is 5.32 Å². The average molecular weight is 274 g/mol. The van der Waals surface area contributed by atoms with Gasteiger partial charge in [-0.25, -0.2) is 9.48 Å². The molecule has 1 amide bonds. The van der Waals surface area contributed by atoms with Crippen LogP contribution in [0.15, 0.2) is 5.16 Å². The Hall–Kier alpha value is -1.35. The van der Waals surface area contributed by atoms with Gasteiger partial charge in [0.2, 0.25) is 5.16 Å². The van der Waals surface area contributed by atoms with E-state index in [0.717, 1.165) is 24.7 Å². The van der Waals surface area contributed by atoms with E-state index in [1.165, 1.54) is 11.8 Å². The Balaban J connectivity index is 2.28. The third-order valence-electron chi connectivity index (χ3n) is 2.08. The third-order valence-corrected chi connectivity index (χ3v) is 3.04. The number of carboxylic acid groups (broad SMARTS) is 1. The highest BCUT2D eigenvalue weighted by atomic mass is 32.2. The summed E-state index contributed by atoms with van der Waals surface area (Å²) in [5.41, 5.74) is 0. The molecule has 0 aromatic carbocycles. The van der Waals surface area contributed by atoms with Crippen LogP contribution in [0.25, 0.3) is 0 Å². The Kier molecular flexibility index (Phi) is 6.44. The molecule has 1 heterocycles. The summed E-state index contributed by atoms with van der Waals surface area (Å²) in [6.45, 7) is 2.12. The normalized spacial score (nSPS) is 10.8. The van der Waals surface area contributed by atoms with Crippen molar-refractivity contribution in [2.45, 2.75) is 18.1 Å².